The Hall–Kier alpha value is -3.37. The summed E-state index contributed by atoms with van der Waals surface area (Å²) in [4.78, 5) is 41.7. The van der Waals surface area contributed by atoms with E-state index in [2.05, 4.69) is 10.1 Å². The number of likely N-dealkylation sites (tertiary alicyclic amines) is 1. The van der Waals surface area contributed by atoms with E-state index in [1.807, 2.05) is 6.92 Å². The van der Waals surface area contributed by atoms with E-state index < -0.39 is 17.8 Å². The third kappa shape index (κ3) is 4.89. The van der Waals surface area contributed by atoms with Crippen LogP contribution in [0.3, 0.4) is 0 Å². The van der Waals surface area contributed by atoms with Crippen LogP contribution >= 0.6 is 11.6 Å². The normalized spacial score (nSPS) is 20.3. The molecular weight excluding hydrogens is 477 g/mol. The number of nitrogens with zero attached hydrogens (tertiary/aromatic N) is 4. The molecule has 3 aromatic rings. The van der Waals surface area contributed by atoms with Crippen LogP contribution in [0, 0.1) is 24.6 Å². The predicted octanol–water partition coefficient (Wildman–Crippen LogP) is 2.81. The monoisotopic (exact) mass is 501 g/mol. The number of nitrogens with two attached hydrogens (primary N) is 1. The Morgan fingerprint density at radius 3 is 2.69 bits per heavy atom. The zero-order valence-electron chi connectivity index (χ0n) is 19.2. The third-order valence-corrected chi connectivity index (χ3v) is 6.66. The number of aromatic nitrogens is 3. The van der Waals surface area contributed by atoms with Gasteiger partial charge in [-0.3, -0.25) is 19.3 Å². The standard InChI is InChI=1S/C17H18N4O4.C7H7ClFN/c1-8-3-12-13(5-18-8)21(19-15(12)9(2)22)7-14(23)20-6-10-4-11(10)16(20)17(24)25;8-6-3-1-2-5(4-10)7(6)9/h3,5,10-11,16H,4,6-7H2,1-2H3,(H,24,25);1-3H,4,10H2/t10-,11-,16-;/m0./s1. The first kappa shape index (κ1) is 24.7. The highest BCUT2D eigenvalue weighted by atomic mass is 35.5. The summed E-state index contributed by atoms with van der Waals surface area (Å²) < 4.78 is 14.2. The van der Waals surface area contributed by atoms with Crippen LogP contribution in [0.1, 0.15) is 35.1 Å². The van der Waals surface area contributed by atoms with Gasteiger partial charge in [-0.2, -0.15) is 5.10 Å². The lowest BCUT2D eigenvalue weighted by Gasteiger charge is -2.24. The number of benzene rings is 1. The number of carboxylic acids is 1. The maximum atomic E-state index is 12.8. The molecule has 1 saturated heterocycles. The molecule has 5 rings (SSSR count). The molecular formula is C24H25ClFN5O4. The van der Waals surface area contributed by atoms with Gasteiger partial charge in [-0.25, -0.2) is 9.18 Å². The van der Waals surface area contributed by atoms with Crippen LogP contribution < -0.4 is 5.73 Å². The van der Waals surface area contributed by atoms with Gasteiger partial charge >= 0.3 is 5.97 Å². The van der Waals surface area contributed by atoms with E-state index in [9.17, 15) is 23.9 Å². The molecule has 35 heavy (non-hydrogen) atoms. The average molecular weight is 502 g/mol. The summed E-state index contributed by atoms with van der Waals surface area (Å²) in [5.74, 6) is -1.46. The minimum Gasteiger partial charge on any atom is -0.480 e. The van der Waals surface area contributed by atoms with Gasteiger partial charge in [0.05, 0.1) is 16.7 Å². The molecule has 2 aliphatic rings. The van der Waals surface area contributed by atoms with Crippen molar-refractivity contribution in [2.75, 3.05) is 6.54 Å². The second kappa shape index (κ2) is 9.71. The fraction of sp³-hybridized carbons (Fsp3) is 0.375. The van der Waals surface area contributed by atoms with Crippen LogP contribution in [0.15, 0.2) is 30.5 Å². The maximum Gasteiger partial charge on any atom is 0.326 e. The molecule has 1 aliphatic carbocycles. The number of carboxylic acid groups (broad SMARTS) is 1. The van der Waals surface area contributed by atoms with E-state index in [-0.39, 0.29) is 35.7 Å². The minimum absolute atomic E-state index is 0.0768. The zero-order valence-corrected chi connectivity index (χ0v) is 20.0. The molecule has 1 aromatic carbocycles. The number of fused-ring (bicyclic) bond motifs is 2. The van der Waals surface area contributed by atoms with Crippen LogP contribution in [0.2, 0.25) is 5.02 Å². The van der Waals surface area contributed by atoms with Crippen LogP contribution in [-0.4, -0.2) is 55.0 Å². The Bertz CT molecular complexity index is 1330. The SMILES string of the molecule is CC(=O)c1nn(CC(=O)N2C[C@@H]3C[C@@H]3[C@H]2C(=O)O)c2cnc(C)cc12.NCc1cccc(Cl)c1F. The van der Waals surface area contributed by atoms with Crippen molar-refractivity contribution in [2.45, 2.75) is 39.4 Å². The summed E-state index contributed by atoms with van der Waals surface area (Å²) >= 11 is 5.46. The molecule has 3 atom stereocenters. The van der Waals surface area contributed by atoms with Gasteiger partial charge in [0.1, 0.15) is 24.1 Å². The number of piperidine rings is 1. The van der Waals surface area contributed by atoms with Crippen molar-refractivity contribution in [3.8, 4) is 0 Å². The molecule has 0 bridgehead atoms. The van der Waals surface area contributed by atoms with Crippen LogP contribution in [0.25, 0.3) is 10.9 Å². The number of halogens is 2. The molecule has 1 saturated carbocycles. The Balaban J connectivity index is 0.000000243. The van der Waals surface area contributed by atoms with Crippen molar-refractivity contribution >= 4 is 40.2 Å². The summed E-state index contributed by atoms with van der Waals surface area (Å²) in [5.41, 5.74) is 7.32. The Labute approximate surface area is 205 Å². The molecule has 184 valence electrons. The van der Waals surface area contributed by atoms with E-state index in [1.54, 1.807) is 24.4 Å². The Kier molecular flexibility index (Phi) is 6.86. The number of rotatable bonds is 5. The lowest BCUT2D eigenvalue weighted by Crippen LogP contribution is -2.44. The lowest BCUT2D eigenvalue weighted by molar-refractivity contribution is -0.149. The summed E-state index contributed by atoms with van der Waals surface area (Å²) in [6.45, 7) is 3.82. The van der Waals surface area contributed by atoms with Crippen LogP contribution in [0.4, 0.5) is 4.39 Å². The van der Waals surface area contributed by atoms with Crippen molar-refractivity contribution in [2.24, 2.45) is 17.6 Å². The number of ketones is 1. The van der Waals surface area contributed by atoms with Gasteiger partial charge in [0.15, 0.2) is 5.78 Å². The fourth-order valence-electron chi connectivity index (χ4n) is 4.52. The van der Waals surface area contributed by atoms with Crippen molar-refractivity contribution in [1.82, 2.24) is 19.7 Å². The molecule has 9 nitrogen and oxygen atoms in total. The molecule has 3 heterocycles. The van der Waals surface area contributed by atoms with Crippen LogP contribution in [0.5, 0.6) is 0 Å². The number of amides is 1. The number of hydrogen-bond acceptors (Lipinski definition) is 6. The van der Waals surface area contributed by atoms with Gasteiger partial charge in [-0.15, -0.1) is 0 Å². The Morgan fingerprint density at radius 2 is 2.06 bits per heavy atom. The first-order valence-corrected chi connectivity index (χ1v) is 11.5. The number of pyridine rings is 1. The molecule has 0 spiro atoms. The highest BCUT2D eigenvalue weighted by Crippen LogP contribution is 2.49. The number of carbonyl (C=O) groups is 3. The number of aryl methyl sites for hydroxylation is 1. The van der Waals surface area contributed by atoms with Gasteiger partial charge in [-0.05, 0) is 37.3 Å². The van der Waals surface area contributed by atoms with Crippen LogP contribution in [-0.2, 0) is 22.7 Å². The molecule has 11 heteroatoms. The second-order valence-electron chi connectivity index (χ2n) is 8.81. The summed E-state index contributed by atoms with van der Waals surface area (Å²) in [5, 5.41) is 14.5. The molecule has 2 fully saturated rings. The van der Waals surface area contributed by atoms with E-state index in [0.717, 1.165) is 12.1 Å². The highest BCUT2D eigenvalue weighted by Gasteiger charge is 2.57. The predicted molar refractivity (Wildman–Crippen MR) is 126 cm³/mol. The maximum absolute atomic E-state index is 12.8. The number of hydrogen-bond donors (Lipinski definition) is 2. The molecule has 1 amide bonds. The van der Waals surface area contributed by atoms with E-state index in [4.69, 9.17) is 17.3 Å². The van der Waals surface area contributed by atoms with Gasteiger partial charge in [-0.1, -0.05) is 23.7 Å². The average Bonchev–Trinajstić information content (AvgIpc) is 3.31. The molecule has 2 aromatic heterocycles. The first-order valence-electron chi connectivity index (χ1n) is 11.1. The topological polar surface area (TPSA) is 131 Å². The first-order chi connectivity index (χ1) is 16.6. The van der Waals surface area contributed by atoms with E-state index >= 15 is 0 Å². The van der Waals surface area contributed by atoms with Gasteiger partial charge < -0.3 is 15.7 Å². The van der Waals surface area contributed by atoms with Crippen molar-refractivity contribution in [3.05, 3.63) is 58.3 Å². The minimum atomic E-state index is -0.953. The molecule has 3 N–H and O–H groups in total. The van der Waals surface area contributed by atoms with Crippen molar-refractivity contribution < 1.29 is 23.9 Å². The summed E-state index contributed by atoms with van der Waals surface area (Å²) in [6.07, 6.45) is 2.47. The quantitative estimate of drug-likeness (QED) is 0.514. The van der Waals surface area contributed by atoms with Gasteiger partial charge in [0.2, 0.25) is 5.91 Å². The van der Waals surface area contributed by atoms with E-state index in [1.165, 1.54) is 22.6 Å². The summed E-state index contributed by atoms with van der Waals surface area (Å²) in [6, 6.07) is 5.81. The molecule has 0 radical (unpaired) electrons. The highest BCUT2D eigenvalue weighted by molar-refractivity contribution is 6.30. The zero-order chi connectivity index (χ0) is 25.4. The molecule has 1 aliphatic heterocycles. The lowest BCUT2D eigenvalue weighted by atomic mass is 10.2. The van der Waals surface area contributed by atoms with E-state index in [0.29, 0.717) is 34.6 Å². The number of aliphatic carboxylic acids is 1. The van der Waals surface area contributed by atoms with Crippen molar-refractivity contribution in [1.29, 1.82) is 0 Å². The summed E-state index contributed by atoms with van der Waals surface area (Å²) in [7, 11) is 0. The van der Waals surface area contributed by atoms with Gasteiger partial charge in [0, 0.05) is 36.7 Å². The Morgan fingerprint density at radius 1 is 1.31 bits per heavy atom. The molecule has 0 unspecified atom stereocenters. The second-order valence-corrected chi connectivity index (χ2v) is 9.22. The fourth-order valence-corrected chi connectivity index (χ4v) is 4.71. The van der Waals surface area contributed by atoms with Crippen molar-refractivity contribution in [3.63, 3.8) is 0 Å². The number of carbonyl (C=O) groups excluding carboxylic acids is 2. The third-order valence-electron chi connectivity index (χ3n) is 6.37. The van der Waals surface area contributed by atoms with Gasteiger partial charge in [0.25, 0.3) is 0 Å². The number of Topliss-reactive ketones (excluding diaryl/α,β-unsaturated/α-hetero) is 1. The largest absolute Gasteiger partial charge is 0.480 e. The smallest absolute Gasteiger partial charge is 0.326 e.